The first-order valence-electron chi connectivity index (χ1n) is 3.85. The summed E-state index contributed by atoms with van der Waals surface area (Å²) in [4.78, 5) is 13.8. The predicted molar refractivity (Wildman–Crippen MR) is 37.1 cm³/mol. The van der Waals surface area contributed by atoms with Gasteiger partial charge in [-0.05, 0) is 25.7 Å². The molecule has 1 saturated carbocycles. The molecule has 0 heterocycles. The van der Waals surface area contributed by atoms with E-state index in [4.69, 9.17) is 9.99 Å². The highest BCUT2D eigenvalue weighted by Gasteiger charge is 2.18. The largest absolute Gasteiger partial charge is 0.540 e. The highest BCUT2D eigenvalue weighted by Crippen LogP contribution is 2.20. The molecule has 64 valence electrons. The van der Waals surface area contributed by atoms with Gasteiger partial charge in [-0.3, -0.25) is 4.89 Å². The summed E-state index contributed by atoms with van der Waals surface area (Å²) >= 11 is 0. The van der Waals surface area contributed by atoms with Crippen molar-refractivity contribution in [3.63, 3.8) is 0 Å². The van der Waals surface area contributed by atoms with E-state index in [1.165, 1.54) is 6.42 Å². The molecule has 0 aliphatic heterocycles. The molecule has 0 spiro atoms. The molecule has 1 aliphatic carbocycles. The molecule has 0 radical (unpaired) electrons. The average molecular weight is 160 g/mol. The van der Waals surface area contributed by atoms with Crippen molar-refractivity contribution in [3.05, 3.63) is 0 Å². The number of carbonyl (C=O) groups is 1. The van der Waals surface area contributed by atoms with Crippen molar-refractivity contribution in [2.24, 2.45) is 0 Å². The van der Waals surface area contributed by atoms with E-state index >= 15 is 0 Å². The topological polar surface area (TPSA) is 55.8 Å². The predicted octanol–water partition coefficient (Wildman–Crippen LogP) is 1.95. The maximum atomic E-state index is 10.4. The van der Waals surface area contributed by atoms with E-state index in [0.717, 1.165) is 25.7 Å². The molecular weight excluding hydrogens is 148 g/mol. The van der Waals surface area contributed by atoms with Gasteiger partial charge in [0.2, 0.25) is 0 Å². The van der Waals surface area contributed by atoms with Crippen molar-refractivity contribution in [1.82, 2.24) is 0 Å². The number of hydrogen-bond acceptors (Lipinski definition) is 4. The average Bonchev–Trinajstić information content (AvgIpc) is 2.06. The van der Waals surface area contributed by atoms with Gasteiger partial charge in [-0.1, -0.05) is 6.42 Å². The lowest BCUT2D eigenvalue weighted by Gasteiger charge is -2.20. The summed E-state index contributed by atoms with van der Waals surface area (Å²) in [5.74, 6) is 0. The van der Waals surface area contributed by atoms with Crippen LogP contribution in [0.15, 0.2) is 0 Å². The van der Waals surface area contributed by atoms with Crippen molar-refractivity contribution >= 4 is 6.16 Å². The highest BCUT2D eigenvalue weighted by molar-refractivity contribution is 5.59. The molecule has 0 amide bonds. The number of carbonyl (C=O) groups excluding carboxylic acids is 1. The van der Waals surface area contributed by atoms with Gasteiger partial charge in [0.25, 0.3) is 0 Å². The minimum atomic E-state index is -0.989. The smallest absolute Gasteiger partial charge is 0.429 e. The fourth-order valence-corrected chi connectivity index (χ4v) is 1.34. The Hall–Kier alpha value is -0.770. The van der Waals surface area contributed by atoms with Crippen LogP contribution in [0, 0.1) is 0 Å². The third-order valence-electron chi connectivity index (χ3n) is 1.89. The molecule has 1 aliphatic rings. The van der Waals surface area contributed by atoms with E-state index in [1.54, 1.807) is 0 Å². The van der Waals surface area contributed by atoms with Gasteiger partial charge in [0.1, 0.15) is 6.10 Å². The van der Waals surface area contributed by atoms with Crippen molar-refractivity contribution in [1.29, 1.82) is 0 Å². The second-order valence-electron chi connectivity index (χ2n) is 2.72. The Balaban J connectivity index is 2.19. The first kappa shape index (κ1) is 8.33. The van der Waals surface area contributed by atoms with Crippen molar-refractivity contribution in [2.45, 2.75) is 38.2 Å². The summed E-state index contributed by atoms with van der Waals surface area (Å²) in [5.41, 5.74) is 0. The Morgan fingerprint density at radius 3 is 2.45 bits per heavy atom. The third-order valence-corrected chi connectivity index (χ3v) is 1.89. The zero-order valence-corrected chi connectivity index (χ0v) is 6.28. The minimum absolute atomic E-state index is 0.0524. The maximum absolute atomic E-state index is 10.4. The summed E-state index contributed by atoms with van der Waals surface area (Å²) in [6.07, 6.45) is 4.10. The third kappa shape index (κ3) is 2.76. The molecule has 4 heteroatoms. The van der Waals surface area contributed by atoms with Gasteiger partial charge in [0, 0.05) is 0 Å². The van der Waals surface area contributed by atoms with E-state index in [-0.39, 0.29) is 6.10 Å². The van der Waals surface area contributed by atoms with Crippen LogP contribution in [0.25, 0.3) is 0 Å². The monoisotopic (exact) mass is 160 g/mol. The number of hydrogen-bond donors (Lipinski definition) is 1. The first-order chi connectivity index (χ1) is 5.33. The highest BCUT2D eigenvalue weighted by atomic mass is 17.1. The van der Waals surface area contributed by atoms with Crippen LogP contribution in [0.3, 0.4) is 0 Å². The van der Waals surface area contributed by atoms with Crippen molar-refractivity contribution < 1.29 is 19.7 Å². The van der Waals surface area contributed by atoms with E-state index in [2.05, 4.69) is 4.89 Å². The molecule has 1 rings (SSSR count). The van der Waals surface area contributed by atoms with E-state index in [0.29, 0.717) is 0 Å². The normalized spacial score (nSPS) is 19.4. The van der Waals surface area contributed by atoms with Gasteiger partial charge in [0.15, 0.2) is 0 Å². The van der Waals surface area contributed by atoms with E-state index in [1.807, 2.05) is 0 Å². The Kier molecular flexibility index (Phi) is 3.16. The second-order valence-corrected chi connectivity index (χ2v) is 2.72. The fraction of sp³-hybridized carbons (Fsp3) is 0.857. The molecule has 0 bridgehead atoms. The lowest BCUT2D eigenvalue weighted by Crippen LogP contribution is -2.20. The van der Waals surface area contributed by atoms with Gasteiger partial charge in [-0.25, -0.2) is 4.79 Å². The van der Waals surface area contributed by atoms with E-state index in [9.17, 15) is 4.79 Å². The summed E-state index contributed by atoms with van der Waals surface area (Å²) in [6.45, 7) is 0. The Morgan fingerprint density at radius 1 is 1.27 bits per heavy atom. The fourth-order valence-electron chi connectivity index (χ4n) is 1.34. The quantitative estimate of drug-likeness (QED) is 0.362. The molecule has 1 fully saturated rings. The van der Waals surface area contributed by atoms with Gasteiger partial charge in [-0.15, -0.1) is 0 Å². The number of ether oxygens (including phenoxy) is 1. The van der Waals surface area contributed by atoms with Crippen LogP contribution in [-0.2, 0) is 9.62 Å². The molecule has 11 heavy (non-hydrogen) atoms. The lowest BCUT2D eigenvalue weighted by molar-refractivity contribution is -0.206. The van der Waals surface area contributed by atoms with Crippen LogP contribution >= 0.6 is 0 Å². The maximum Gasteiger partial charge on any atom is 0.540 e. The van der Waals surface area contributed by atoms with Crippen LogP contribution < -0.4 is 0 Å². The van der Waals surface area contributed by atoms with Gasteiger partial charge in [-0.2, -0.15) is 5.26 Å². The molecule has 0 aromatic carbocycles. The summed E-state index contributed by atoms with van der Waals surface area (Å²) in [6, 6.07) is 0. The minimum Gasteiger partial charge on any atom is -0.429 e. The standard InChI is InChI=1S/C7H12O4/c8-7(11-9)10-6-4-2-1-3-5-6/h6,9H,1-5H2. The first-order valence-corrected chi connectivity index (χ1v) is 3.85. The Labute approximate surface area is 65.0 Å². The molecule has 0 atom stereocenters. The van der Waals surface area contributed by atoms with Crippen LogP contribution in [0.5, 0.6) is 0 Å². The summed E-state index contributed by atoms with van der Waals surface area (Å²) in [5, 5.41) is 7.89. The molecular formula is C7H12O4. The molecule has 0 aromatic rings. The Morgan fingerprint density at radius 2 is 1.91 bits per heavy atom. The van der Waals surface area contributed by atoms with E-state index < -0.39 is 6.16 Å². The van der Waals surface area contributed by atoms with Gasteiger partial charge in [0.05, 0.1) is 0 Å². The molecule has 0 saturated heterocycles. The zero-order valence-electron chi connectivity index (χ0n) is 6.28. The van der Waals surface area contributed by atoms with Crippen molar-refractivity contribution in [3.8, 4) is 0 Å². The lowest BCUT2D eigenvalue weighted by atomic mass is 9.98. The zero-order chi connectivity index (χ0) is 8.10. The molecule has 4 nitrogen and oxygen atoms in total. The van der Waals surface area contributed by atoms with Crippen LogP contribution in [0.1, 0.15) is 32.1 Å². The Bertz CT molecular complexity index is 128. The van der Waals surface area contributed by atoms with Gasteiger partial charge < -0.3 is 4.74 Å². The summed E-state index contributed by atoms with van der Waals surface area (Å²) in [7, 11) is 0. The van der Waals surface area contributed by atoms with Crippen molar-refractivity contribution in [2.75, 3.05) is 0 Å². The molecule has 0 aromatic heterocycles. The SMILES string of the molecule is O=C(OO)OC1CCCCC1. The second kappa shape index (κ2) is 4.18. The van der Waals surface area contributed by atoms with Crippen LogP contribution in [0.2, 0.25) is 0 Å². The van der Waals surface area contributed by atoms with Gasteiger partial charge >= 0.3 is 6.16 Å². The molecule has 0 unspecified atom stereocenters. The van der Waals surface area contributed by atoms with Crippen LogP contribution in [0.4, 0.5) is 4.79 Å². The molecule has 1 N–H and O–H groups in total. The summed E-state index contributed by atoms with van der Waals surface area (Å²) < 4.78 is 4.73. The number of rotatable bonds is 1. The van der Waals surface area contributed by atoms with Crippen LogP contribution in [-0.4, -0.2) is 17.5 Å².